The second kappa shape index (κ2) is 9.63. The Morgan fingerprint density at radius 1 is 1.00 bits per heavy atom. The number of para-hydroxylation sites is 1. The lowest BCUT2D eigenvalue weighted by atomic mass is 9.82. The number of carbonyl (C=O) groups is 2. The maximum atomic E-state index is 13.8. The number of piperidine rings is 2. The van der Waals surface area contributed by atoms with Gasteiger partial charge in [0.2, 0.25) is 11.8 Å². The third kappa shape index (κ3) is 4.31. The molecule has 32 heavy (non-hydrogen) atoms. The molecule has 2 saturated heterocycles. The number of carbonyl (C=O) groups excluding carboxylic acids is 2. The molecule has 0 bridgehead atoms. The zero-order chi connectivity index (χ0) is 22.7. The molecule has 3 unspecified atom stereocenters. The van der Waals surface area contributed by atoms with Gasteiger partial charge < -0.3 is 19.3 Å². The van der Waals surface area contributed by atoms with E-state index in [1.165, 1.54) is 0 Å². The zero-order valence-electron chi connectivity index (χ0n) is 19.1. The SMILES string of the molecule is COc1ccc(N2C(=O)CCC(C(=O)N3CCCC(C)C3)C2c2ccccc2OC)cc1. The summed E-state index contributed by atoms with van der Waals surface area (Å²) < 4.78 is 11.0. The van der Waals surface area contributed by atoms with Gasteiger partial charge in [-0.25, -0.2) is 0 Å². The van der Waals surface area contributed by atoms with Crippen LogP contribution in [0.15, 0.2) is 48.5 Å². The predicted molar refractivity (Wildman–Crippen MR) is 124 cm³/mol. The van der Waals surface area contributed by atoms with Crippen molar-refractivity contribution < 1.29 is 19.1 Å². The van der Waals surface area contributed by atoms with E-state index in [0.717, 1.165) is 42.9 Å². The van der Waals surface area contributed by atoms with Gasteiger partial charge in [-0.15, -0.1) is 0 Å². The molecule has 0 aliphatic carbocycles. The van der Waals surface area contributed by atoms with Crippen LogP contribution in [0.1, 0.15) is 44.2 Å². The Morgan fingerprint density at radius 3 is 2.44 bits per heavy atom. The van der Waals surface area contributed by atoms with Crippen molar-refractivity contribution in [3.8, 4) is 11.5 Å². The maximum Gasteiger partial charge on any atom is 0.228 e. The molecular weight excluding hydrogens is 404 g/mol. The Bertz CT molecular complexity index is 959. The number of hydrogen-bond acceptors (Lipinski definition) is 4. The van der Waals surface area contributed by atoms with Crippen LogP contribution in [0.25, 0.3) is 0 Å². The molecule has 0 saturated carbocycles. The predicted octanol–water partition coefficient (Wildman–Crippen LogP) is 4.45. The Labute approximate surface area is 190 Å². The lowest BCUT2D eigenvalue weighted by molar-refractivity contribution is -0.140. The van der Waals surface area contributed by atoms with Crippen molar-refractivity contribution in [2.24, 2.45) is 11.8 Å². The number of likely N-dealkylation sites (tertiary alicyclic amines) is 1. The van der Waals surface area contributed by atoms with E-state index in [4.69, 9.17) is 9.47 Å². The monoisotopic (exact) mass is 436 g/mol. The molecule has 4 rings (SSSR count). The summed E-state index contributed by atoms with van der Waals surface area (Å²) in [5.41, 5.74) is 1.62. The molecule has 2 fully saturated rings. The third-order valence-electron chi connectivity index (χ3n) is 6.69. The van der Waals surface area contributed by atoms with Gasteiger partial charge in [-0.1, -0.05) is 25.1 Å². The number of amides is 2. The first-order valence-electron chi connectivity index (χ1n) is 11.4. The summed E-state index contributed by atoms with van der Waals surface area (Å²) in [5, 5.41) is 0. The topological polar surface area (TPSA) is 59.1 Å². The third-order valence-corrected chi connectivity index (χ3v) is 6.69. The van der Waals surface area contributed by atoms with E-state index >= 15 is 0 Å². The number of benzene rings is 2. The molecule has 2 aromatic rings. The van der Waals surface area contributed by atoms with Gasteiger partial charge in [0, 0.05) is 30.8 Å². The van der Waals surface area contributed by atoms with Gasteiger partial charge >= 0.3 is 0 Å². The maximum absolute atomic E-state index is 13.8. The highest BCUT2D eigenvalue weighted by molar-refractivity contribution is 5.97. The Morgan fingerprint density at radius 2 is 1.75 bits per heavy atom. The van der Waals surface area contributed by atoms with Crippen molar-refractivity contribution in [2.45, 2.75) is 38.6 Å². The number of nitrogens with zero attached hydrogens (tertiary/aromatic N) is 2. The molecule has 2 aromatic carbocycles. The van der Waals surface area contributed by atoms with Crippen molar-refractivity contribution in [1.82, 2.24) is 4.90 Å². The molecule has 0 radical (unpaired) electrons. The van der Waals surface area contributed by atoms with E-state index < -0.39 is 6.04 Å². The molecule has 6 heteroatoms. The number of methoxy groups -OCH3 is 2. The first-order chi connectivity index (χ1) is 15.5. The number of rotatable bonds is 5. The van der Waals surface area contributed by atoms with Gasteiger partial charge in [-0.05, 0) is 55.5 Å². The van der Waals surface area contributed by atoms with Crippen LogP contribution in [0.5, 0.6) is 11.5 Å². The summed E-state index contributed by atoms with van der Waals surface area (Å²) in [6.45, 7) is 3.77. The molecule has 2 aliphatic rings. The van der Waals surface area contributed by atoms with Crippen molar-refractivity contribution in [3.63, 3.8) is 0 Å². The molecular formula is C26H32N2O4. The highest BCUT2D eigenvalue weighted by Crippen LogP contribution is 2.44. The van der Waals surface area contributed by atoms with E-state index in [1.807, 2.05) is 53.4 Å². The minimum Gasteiger partial charge on any atom is -0.497 e. The normalized spacial score (nSPS) is 23.7. The van der Waals surface area contributed by atoms with Crippen LogP contribution in [0, 0.1) is 11.8 Å². The molecule has 0 spiro atoms. The summed E-state index contributed by atoms with van der Waals surface area (Å²) in [7, 11) is 3.25. The zero-order valence-corrected chi connectivity index (χ0v) is 19.1. The smallest absolute Gasteiger partial charge is 0.228 e. The number of ether oxygens (including phenoxy) is 2. The van der Waals surface area contributed by atoms with Crippen molar-refractivity contribution in [3.05, 3.63) is 54.1 Å². The lowest BCUT2D eigenvalue weighted by Crippen LogP contribution is -2.51. The standard InChI is InChI=1S/C26H32N2O4/c1-18-7-6-16-27(17-18)26(30)22-14-15-24(29)28(19-10-12-20(31-2)13-11-19)25(22)21-8-4-5-9-23(21)32-3/h4-5,8-13,18,22,25H,6-7,14-17H2,1-3H3. The quantitative estimate of drug-likeness (QED) is 0.695. The summed E-state index contributed by atoms with van der Waals surface area (Å²) >= 11 is 0. The average molecular weight is 437 g/mol. The van der Waals surface area contributed by atoms with Crippen molar-refractivity contribution in [2.75, 3.05) is 32.2 Å². The van der Waals surface area contributed by atoms with E-state index in [1.54, 1.807) is 19.1 Å². The fourth-order valence-corrected chi connectivity index (χ4v) is 5.09. The Balaban J connectivity index is 1.78. The van der Waals surface area contributed by atoms with Crippen LogP contribution < -0.4 is 14.4 Å². The fourth-order valence-electron chi connectivity index (χ4n) is 5.09. The summed E-state index contributed by atoms with van der Waals surface area (Å²) in [4.78, 5) is 30.8. The summed E-state index contributed by atoms with van der Waals surface area (Å²) in [6.07, 6.45) is 3.07. The van der Waals surface area contributed by atoms with Crippen molar-refractivity contribution >= 4 is 17.5 Å². The summed E-state index contributed by atoms with van der Waals surface area (Å²) in [6, 6.07) is 14.7. The fraction of sp³-hybridized carbons (Fsp3) is 0.462. The highest BCUT2D eigenvalue weighted by atomic mass is 16.5. The Kier molecular flexibility index (Phi) is 6.68. The van der Waals surface area contributed by atoms with Crippen LogP contribution in [-0.2, 0) is 9.59 Å². The minimum atomic E-state index is -0.425. The Hall–Kier alpha value is -3.02. The van der Waals surface area contributed by atoms with Crippen molar-refractivity contribution in [1.29, 1.82) is 0 Å². The van der Waals surface area contributed by atoms with Gasteiger partial charge in [0.05, 0.1) is 26.2 Å². The van der Waals surface area contributed by atoms with Gasteiger partial charge in [-0.2, -0.15) is 0 Å². The van der Waals surface area contributed by atoms with Gasteiger partial charge in [-0.3, -0.25) is 9.59 Å². The van der Waals surface area contributed by atoms with E-state index in [9.17, 15) is 9.59 Å². The second-order valence-corrected chi connectivity index (χ2v) is 8.83. The first kappa shape index (κ1) is 22.2. The van der Waals surface area contributed by atoms with E-state index in [2.05, 4.69) is 6.92 Å². The number of anilines is 1. The summed E-state index contributed by atoms with van der Waals surface area (Å²) in [5.74, 6) is 1.75. The van der Waals surface area contributed by atoms with E-state index in [-0.39, 0.29) is 17.7 Å². The molecule has 6 nitrogen and oxygen atoms in total. The molecule has 3 atom stereocenters. The van der Waals surface area contributed by atoms with E-state index in [0.29, 0.717) is 24.5 Å². The van der Waals surface area contributed by atoms with Crippen LogP contribution in [0.3, 0.4) is 0 Å². The molecule has 170 valence electrons. The average Bonchev–Trinajstić information content (AvgIpc) is 2.83. The van der Waals surface area contributed by atoms with Crippen LogP contribution in [0.2, 0.25) is 0 Å². The molecule has 2 aliphatic heterocycles. The largest absolute Gasteiger partial charge is 0.497 e. The highest BCUT2D eigenvalue weighted by Gasteiger charge is 2.44. The van der Waals surface area contributed by atoms with Crippen LogP contribution in [-0.4, -0.2) is 44.0 Å². The minimum absolute atomic E-state index is 0.0159. The van der Waals surface area contributed by atoms with Gasteiger partial charge in [0.25, 0.3) is 0 Å². The van der Waals surface area contributed by atoms with Crippen LogP contribution >= 0.6 is 0 Å². The second-order valence-electron chi connectivity index (χ2n) is 8.83. The molecule has 2 amide bonds. The molecule has 0 aromatic heterocycles. The van der Waals surface area contributed by atoms with Gasteiger partial charge in [0.15, 0.2) is 0 Å². The van der Waals surface area contributed by atoms with Crippen LogP contribution in [0.4, 0.5) is 5.69 Å². The lowest BCUT2D eigenvalue weighted by Gasteiger charge is -2.43. The molecule has 0 N–H and O–H groups in total. The van der Waals surface area contributed by atoms with Gasteiger partial charge in [0.1, 0.15) is 11.5 Å². The number of hydrogen-bond donors (Lipinski definition) is 0. The molecule has 2 heterocycles. The first-order valence-corrected chi connectivity index (χ1v) is 11.4.